The Kier molecular flexibility index (Phi) is 5.29. The summed E-state index contributed by atoms with van der Waals surface area (Å²) in [5.41, 5.74) is 0.222. The molecule has 1 N–H and O–H groups in total. The Labute approximate surface area is 109 Å². The summed E-state index contributed by atoms with van der Waals surface area (Å²) in [4.78, 5) is 21.2. The summed E-state index contributed by atoms with van der Waals surface area (Å²) in [5, 5.41) is 22.3. The average molecular weight is 263 g/mol. The van der Waals surface area contributed by atoms with Gasteiger partial charge in [-0.3, -0.25) is 14.9 Å². The number of nitriles is 1. The van der Waals surface area contributed by atoms with E-state index in [4.69, 9.17) is 10.00 Å². The summed E-state index contributed by atoms with van der Waals surface area (Å²) in [6, 6.07) is 5.94. The van der Waals surface area contributed by atoms with Gasteiger partial charge in [-0.2, -0.15) is 5.26 Å². The maximum atomic E-state index is 11.1. The lowest BCUT2D eigenvalue weighted by atomic mass is 10.2. The fourth-order valence-corrected chi connectivity index (χ4v) is 1.43. The van der Waals surface area contributed by atoms with Gasteiger partial charge in [0, 0.05) is 18.3 Å². The molecule has 0 aliphatic heterocycles. The number of esters is 1. The molecular formula is C12H13N3O4. The van der Waals surface area contributed by atoms with Gasteiger partial charge in [-0.1, -0.05) is 0 Å². The Bertz CT molecular complexity index is 522. The van der Waals surface area contributed by atoms with Crippen molar-refractivity contribution in [3.63, 3.8) is 0 Å². The highest BCUT2D eigenvalue weighted by Gasteiger charge is 2.14. The van der Waals surface area contributed by atoms with Crippen LogP contribution >= 0.6 is 0 Å². The quantitative estimate of drug-likeness (QED) is 0.477. The van der Waals surface area contributed by atoms with Crippen molar-refractivity contribution >= 4 is 17.3 Å². The van der Waals surface area contributed by atoms with Crippen molar-refractivity contribution in [2.45, 2.75) is 13.3 Å². The number of benzene rings is 1. The number of hydrogen-bond donors (Lipinski definition) is 1. The summed E-state index contributed by atoms with van der Waals surface area (Å²) < 4.78 is 4.75. The van der Waals surface area contributed by atoms with Crippen LogP contribution in [0.15, 0.2) is 18.2 Å². The van der Waals surface area contributed by atoms with Gasteiger partial charge in [-0.25, -0.2) is 0 Å². The summed E-state index contributed by atoms with van der Waals surface area (Å²) >= 11 is 0. The van der Waals surface area contributed by atoms with Crippen molar-refractivity contribution in [3.05, 3.63) is 33.9 Å². The third-order valence-corrected chi connectivity index (χ3v) is 2.28. The van der Waals surface area contributed by atoms with Crippen molar-refractivity contribution in [2.24, 2.45) is 0 Å². The molecule has 0 bridgehead atoms. The van der Waals surface area contributed by atoms with Crippen LogP contribution in [0.5, 0.6) is 0 Å². The molecule has 7 nitrogen and oxygen atoms in total. The number of nitrogens with one attached hydrogen (secondary N) is 1. The highest BCUT2D eigenvalue weighted by Crippen LogP contribution is 2.22. The Morgan fingerprint density at radius 1 is 1.58 bits per heavy atom. The molecule has 0 heterocycles. The van der Waals surface area contributed by atoms with Crippen LogP contribution in [0.2, 0.25) is 0 Å². The molecule has 0 saturated carbocycles. The van der Waals surface area contributed by atoms with E-state index < -0.39 is 4.92 Å². The van der Waals surface area contributed by atoms with E-state index in [1.807, 2.05) is 0 Å². The number of carbonyl (C=O) groups is 1. The van der Waals surface area contributed by atoms with E-state index in [0.717, 1.165) is 0 Å². The molecule has 19 heavy (non-hydrogen) atoms. The van der Waals surface area contributed by atoms with E-state index in [1.165, 1.54) is 12.1 Å². The molecule has 1 aromatic carbocycles. The number of carbonyl (C=O) groups excluding carboxylic acids is 1. The van der Waals surface area contributed by atoms with Gasteiger partial charge in [0.1, 0.15) is 11.6 Å². The number of anilines is 1. The van der Waals surface area contributed by atoms with E-state index in [9.17, 15) is 14.9 Å². The molecule has 100 valence electrons. The monoisotopic (exact) mass is 263 g/mol. The lowest BCUT2D eigenvalue weighted by molar-refractivity contribution is -0.385. The summed E-state index contributed by atoms with van der Waals surface area (Å²) in [6.07, 6.45) is 0.168. The Hall–Kier alpha value is -2.62. The average Bonchev–Trinajstić information content (AvgIpc) is 2.38. The minimum atomic E-state index is -0.616. The second kappa shape index (κ2) is 6.96. The van der Waals surface area contributed by atoms with E-state index >= 15 is 0 Å². The van der Waals surface area contributed by atoms with Gasteiger partial charge >= 0.3 is 5.97 Å². The highest BCUT2D eigenvalue weighted by atomic mass is 16.6. The first-order chi connectivity index (χ1) is 9.08. The SMILES string of the molecule is CCOC(=O)CCNc1ccc(C#N)c([N+](=O)[O-])c1. The van der Waals surface area contributed by atoms with Gasteiger partial charge in [-0.05, 0) is 19.1 Å². The fraction of sp³-hybridized carbons (Fsp3) is 0.333. The van der Waals surface area contributed by atoms with Crippen molar-refractivity contribution in [1.29, 1.82) is 5.26 Å². The lowest BCUT2D eigenvalue weighted by Crippen LogP contribution is -2.11. The molecule has 1 aromatic rings. The maximum absolute atomic E-state index is 11.1. The molecule has 0 aliphatic carbocycles. The second-order valence-electron chi connectivity index (χ2n) is 3.58. The zero-order valence-electron chi connectivity index (χ0n) is 10.4. The molecule has 1 rings (SSSR count). The van der Waals surface area contributed by atoms with E-state index in [0.29, 0.717) is 18.8 Å². The van der Waals surface area contributed by atoms with Gasteiger partial charge in [0.15, 0.2) is 0 Å². The smallest absolute Gasteiger partial charge is 0.307 e. The third-order valence-electron chi connectivity index (χ3n) is 2.28. The zero-order chi connectivity index (χ0) is 14.3. The zero-order valence-corrected chi connectivity index (χ0v) is 10.4. The summed E-state index contributed by atoms with van der Waals surface area (Å²) in [5.74, 6) is -0.335. The highest BCUT2D eigenvalue weighted by molar-refractivity contribution is 5.70. The molecule has 0 amide bonds. The van der Waals surface area contributed by atoms with Crippen LogP contribution in [-0.2, 0) is 9.53 Å². The summed E-state index contributed by atoms with van der Waals surface area (Å²) in [6.45, 7) is 2.35. The molecule has 0 spiro atoms. The Morgan fingerprint density at radius 2 is 2.32 bits per heavy atom. The molecule has 0 saturated heterocycles. The number of ether oxygens (including phenoxy) is 1. The Morgan fingerprint density at radius 3 is 2.89 bits per heavy atom. The minimum Gasteiger partial charge on any atom is -0.466 e. The predicted octanol–water partition coefficient (Wildman–Crippen LogP) is 1.83. The molecule has 0 radical (unpaired) electrons. The standard InChI is InChI=1S/C12H13N3O4/c1-2-19-12(16)5-6-14-10-4-3-9(8-13)11(7-10)15(17)18/h3-4,7,14H,2,5-6H2,1H3. The lowest BCUT2D eigenvalue weighted by Gasteiger charge is -2.06. The third kappa shape index (κ3) is 4.27. The Balaban J connectivity index is 2.65. The normalized spacial score (nSPS) is 9.47. The van der Waals surface area contributed by atoms with Gasteiger partial charge in [0.05, 0.1) is 18.0 Å². The van der Waals surface area contributed by atoms with E-state index in [-0.39, 0.29) is 23.6 Å². The second-order valence-corrected chi connectivity index (χ2v) is 3.58. The number of nitro groups is 1. The molecule has 0 atom stereocenters. The predicted molar refractivity (Wildman–Crippen MR) is 67.6 cm³/mol. The first-order valence-corrected chi connectivity index (χ1v) is 5.66. The van der Waals surface area contributed by atoms with Crippen molar-refractivity contribution in [3.8, 4) is 6.07 Å². The van der Waals surface area contributed by atoms with Gasteiger partial charge in [-0.15, -0.1) is 0 Å². The number of rotatable bonds is 6. The van der Waals surface area contributed by atoms with Crippen molar-refractivity contribution < 1.29 is 14.5 Å². The largest absolute Gasteiger partial charge is 0.466 e. The first-order valence-electron chi connectivity index (χ1n) is 5.66. The van der Waals surface area contributed by atoms with Crippen LogP contribution < -0.4 is 5.32 Å². The summed E-state index contributed by atoms with van der Waals surface area (Å²) in [7, 11) is 0. The van der Waals surface area contributed by atoms with Gasteiger partial charge in [0.2, 0.25) is 0 Å². The molecule has 0 aliphatic rings. The topological polar surface area (TPSA) is 105 Å². The van der Waals surface area contributed by atoms with Crippen molar-refractivity contribution in [1.82, 2.24) is 0 Å². The van der Waals surface area contributed by atoms with Crippen LogP contribution in [0, 0.1) is 21.4 Å². The molecule has 0 aromatic heterocycles. The number of hydrogen-bond acceptors (Lipinski definition) is 6. The van der Waals surface area contributed by atoms with Crippen LogP contribution in [0.4, 0.5) is 11.4 Å². The number of nitrogens with zero attached hydrogens (tertiary/aromatic N) is 2. The van der Waals surface area contributed by atoms with E-state index in [2.05, 4.69) is 5.32 Å². The van der Waals surface area contributed by atoms with Gasteiger partial charge in [0.25, 0.3) is 5.69 Å². The molecule has 7 heteroatoms. The first kappa shape index (κ1) is 14.4. The van der Waals surface area contributed by atoms with Crippen LogP contribution in [0.25, 0.3) is 0 Å². The molecule has 0 unspecified atom stereocenters. The van der Waals surface area contributed by atoms with Gasteiger partial charge < -0.3 is 10.1 Å². The van der Waals surface area contributed by atoms with Crippen molar-refractivity contribution in [2.75, 3.05) is 18.5 Å². The maximum Gasteiger partial charge on any atom is 0.307 e. The van der Waals surface area contributed by atoms with Crippen LogP contribution in [0.3, 0.4) is 0 Å². The van der Waals surface area contributed by atoms with E-state index in [1.54, 1.807) is 19.1 Å². The minimum absolute atomic E-state index is 0.000873. The molecular weight excluding hydrogens is 250 g/mol. The van der Waals surface area contributed by atoms with Crippen LogP contribution in [-0.4, -0.2) is 24.0 Å². The fourth-order valence-electron chi connectivity index (χ4n) is 1.43. The molecule has 0 fully saturated rings. The van der Waals surface area contributed by atoms with Crippen LogP contribution in [0.1, 0.15) is 18.9 Å². The number of nitro benzene ring substituents is 1.